The maximum Gasteiger partial charge on any atom is 0.412 e. The van der Waals surface area contributed by atoms with Gasteiger partial charge < -0.3 is 14.4 Å². The summed E-state index contributed by atoms with van der Waals surface area (Å²) in [5.41, 5.74) is 4.33. The molecule has 1 aromatic carbocycles. The number of piperazine rings is 1. The van der Waals surface area contributed by atoms with Gasteiger partial charge in [-0.25, -0.2) is 9.78 Å². The number of methoxy groups -OCH3 is 1. The summed E-state index contributed by atoms with van der Waals surface area (Å²) in [6, 6.07) is 6.39. The van der Waals surface area contributed by atoms with E-state index in [0.717, 1.165) is 80.2 Å². The highest BCUT2D eigenvalue weighted by Gasteiger charge is 2.38. The molecule has 9 heteroatoms. The van der Waals surface area contributed by atoms with Gasteiger partial charge in [0.15, 0.2) is 0 Å². The van der Waals surface area contributed by atoms with Gasteiger partial charge in [0.25, 0.3) is 0 Å². The number of likely N-dealkylation sites (N-methyl/N-ethyl adjacent to an activating group) is 1. The third-order valence-corrected chi connectivity index (χ3v) is 8.01. The second kappa shape index (κ2) is 11.3. The van der Waals surface area contributed by atoms with E-state index < -0.39 is 6.09 Å². The molecule has 38 heavy (non-hydrogen) atoms. The van der Waals surface area contributed by atoms with Gasteiger partial charge in [-0.1, -0.05) is 19.4 Å². The van der Waals surface area contributed by atoms with Crippen LogP contribution in [0.1, 0.15) is 57.0 Å². The molecule has 5 rings (SSSR count). The van der Waals surface area contributed by atoms with E-state index in [1.165, 1.54) is 0 Å². The number of amides is 1. The summed E-state index contributed by atoms with van der Waals surface area (Å²) in [5.74, 6) is 2.08. The van der Waals surface area contributed by atoms with Crippen molar-refractivity contribution in [2.75, 3.05) is 45.7 Å². The number of aryl methyl sites for hydroxylation is 1. The van der Waals surface area contributed by atoms with Gasteiger partial charge in [0.1, 0.15) is 17.7 Å². The first-order chi connectivity index (χ1) is 18.4. The number of hydrogen-bond acceptors (Lipinski definition) is 7. The summed E-state index contributed by atoms with van der Waals surface area (Å²) in [6.45, 7) is 10.6. The summed E-state index contributed by atoms with van der Waals surface area (Å²) in [6.07, 6.45) is 7.31. The molecule has 2 aliphatic rings. The Bertz CT molecular complexity index is 1280. The first-order valence-electron chi connectivity index (χ1n) is 13.8. The number of imidazole rings is 1. The standard InChI is InChI=1S/C29H40N6O3/c1-6-7-19(2)38-29(36)31-24-9-8-21(18-25(24)37-5)26-27-20(3)30-10-11-35(27)28(32-26)22-16-23(17-22)34-14-12-33(4)13-15-34/h8-11,18-19,22-23H,6-7,12-17H2,1-5H3,(H,31,36). The van der Waals surface area contributed by atoms with E-state index in [1.54, 1.807) is 7.11 Å². The van der Waals surface area contributed by atoms with E-state index in [2.05, 4.69) is 38.5 Å². The van der Waals surface area contributed by atoms with Gasteiger partial charge >= 0.3 is 6.09 Å². The first kappa shape index (κ1) is 26.4. The van der Waals surface area contributed by atoms with Crippen LogP contribution >= 0.6 is 0 Å². The number of carbonyl (C=O) groups is 1. The second-order valence-corrected chi connectivity index (χ2v) is 10.8. The van der Waals surface area contributed by atoms with Crippen LogP contribution in [-0.2, 0) is 4.74 Å². The van der Waals surface area contributed by atoms with Crippen LogP contribution in [0.2, 0.25) is 0 Å². The predicted molar refractivity (Wildman–Crippen MR) is 149 cm³/mol. The van der Waals surface area contributed by atoms with E-state index in [-0.39, 0.29) is 6.10 Å². The number of nitrogens with zero attached hydrogens (tertiary/aromatic N) is 5. The van der Waals surface area contributed by atoms with Gasteiger partial charge in [-0.3, -0.25) is 19.6 Å². The zero-order chi connectivity index (χ0) is 26.8. The largest absolute Gasteiger partial charge is 0.495 e. The van der Waals surface area contributed by atoms with Crippen molar-refractivity contribution in [2.45, 2.75) is 64.5 Å². The number of fused-ring (bicyclic) bond motifs is 1. The van der Waals surface area contributed by atoms with Crippen molar-refractivity contribution in [3.8, 4) is 17.0 Å². The highest BCUT2D eigenvalue weighted by Crippen LogP contribution is 2.42. The Morgan fingerprint density at radius 2 is 1.97 bits per heavy atom. The van der Waals surface area contributed by atoms with Crippen molar-refractivity contribution >= 4 is 17.3 Å². The average Bonchev–Trinajstić information content (AvgIpc) is 3.25. The molecule has 1 aliphatic carbocycles. The van der Waals surface area contributed by atoms with Gasteiger partial charge in [0.05, 0.1) is 29.7 Å². The number of anilines is 1. The summed E-state index contributed by atoms with van der Waals surface area (Å²) < 4.78 is 13.3. The summed E-state index contributed by atoms with van der Waals surface area (Å²) in [5, 5.41) is 2.83. The van der Waals surface area contributed by atoms with E-state index in [9.17, 15) is 4.79 Å². The van der Waals surface area contributed by atoms with E-state index >= 15 is 0 Å². The Balaban J connectivity index is 1.38. The minimum atomic E-state index is -0.480. The minimum absolute atomic E-state index is 0.140. The molecule has 0 spiro atoms. The van der Waals surface area contributed by atoms with Crippen LogP contribution in [0, 0.1) is 6.92 Å². The molecule has 1 aliphatic heterocycles. The number of aromatic nitrogens is 3. The molecule has 3 aromatic rings. The lowest BCUT2D eigenvalue weighted by molar-refractivity contribution is 0.0586. The first-order valence-corrected chi connectivity index (χ1v) is 13.8. The van der Waals surface area contributed by atoms with E-state index in [1.807, 2.05) is 44.4 Å². The van der Waals surface area contributed by atoms with Gasteiger partial charge in [0, 0.05) is 56.1 Å². The van der Waals surface area contributed by atoms with Crippen LogP contribution in [-0.4, -0.2) is 82.7 Å². The van der Waals surface area contributed by atoms with Crippen molar-refractivity contribution < 1.29 is 14.3 Å². The van der Waals surface area contributed by atoms with Gasteiger partial charge in [-0.2, -0.15) is 0 Å². The van der Waals surface area contributed by atoms with Crippen LogP contribution in [0.25, 0.3) is 16.8 Å². The normalized spacial score (nSPS) is 21.2. The van der Waals surface area contributed by atoms with Crippen molar-refractivity contribution in [3.05, 3.63) is 42.1 Å². The number of benzene rings is 1. The second-order valence-electron chi connectivity index (χ2n) is 10.8. The molecule has 1 N–H and O–H groups in total. The zero-order valence-electron chi connectivity index (χ0n) is 23.2. The van der Waals surface area contributed by atoms with Crippen molar-refractivity contribution in [1.82, 2.24) is 24.2 Å². The van der Waals surface area contributed by atoms with Gasteiger partial charge in [-0.05, 0) is 52.3 Å². The SMILES string of the molecule is CCCC(C)OC(=O)Nc1ccc(-c2nc(C3CC(N4CCN(C)CC4)C3)n3ccnc(C)c23)cc1OC. The van der Waals surface area contributed by atoms with Crippen molar-refractivity contribution in [3.63, 3.8) is 0 Å². The number of hydrogen-bond donors (Lipinski definition) is 1. The van der Waals surface area contributed by atoms with Crippen LogP contribution in [0.5, 0.6) is 5.75 Å². The predicted octanol–water partition coefficient (Wildman–Crippen LogP) is 4.94. The van der Waals surface area contributed by atoms with Gasteiger partial charge in [-0.15, -0.1) is 0 Å². The molecule has 204 valence electrons. The summed E-state index contributed by atoms with van der Waals surface area (Å²) in [4.78, 5) is 27.2. The van der Waals surface area contributed by atoms with Crippen LogP contribution in [0.4, 0.5) is 10.5 Å². The third-order valence-electron chi connectivity index (χ3n) is 8.01. The zero-order valence-corrected chi connectivity index (χ0v) is 23.2. The maximum atomic E-state index is 12.4. The Morgan fingerprint density at radius 1 is 1.21 bits per heavy atom. The fourth-order valence-electron chi connectivity index (χ4n) is 5.72. The van der Waals surface area contributed by atoms with E-state index in [4.69, 9.17) is 14.5 Å². The minimum Gasteiger partial charge on any atom is -0.495 e. The van der Waals surface area contributed by atoms with Crippen LogP contribution < -0.4 is 10.1 Å². The topological polar surface area (TPSA) is 84.2 Å². The molecule has 0 bridgehead atoms. The smallest absolute Gasteiger partial charge is 0.412 e. The van der Waals surface area contributed by atoms with Gasteiger partial charge in [0.2, 0.25) is 0 Å². The number of ether oxygens (including phenoxy) is 2. The van der Waals surface area contributed by atoms with Crippen LogP contribution in [0.15, 0.2) is 30.6 Å². The average molecular weight is 521 g/mol. The lowest BCUT2D eigenvalue weighted by Gasteiger charge is -2.45. The molecule has 1 saturated heterocycles. The summed E-state index contributed by atoms with van der Waals surface area (Å²) >= 11 is 0. The maximum absolute atomic E-state index is 12.4. The molecular formula is C29H40N6O3. The number of nitrogens with one attached hydrogen (secondary N) is 1. The molecule has 1 saturated carbocycles. The number of rotatable bonds is 8. The highest BCUT2D eigenvalue weighted by atomic mass is 16.6. The molecule has 2 fully saturated rings. The molecule has 1 atom stereocenters. The van der Waals surface area contributed by atoms with Crippen molar-refractivity contribution in [2.24, 2.45) is 0 Å². The number of carbonyl (C=O) groups excluding carboxylic acids is 1. The fraction of sp³-hybridized carbons (Fsp3) is 0.552. The fourth-order valence-corrected chi connectivity index (χ4v) is 5.72. The Labute approximate surface area is 225 Å². The van der Waals surface area contributed by atoms with Crippen molar-refractivity contribution in [1.29, 1.82) is 0 Å². The van der Waals surface area contributed by atoms with E-state index in [0.29, 0.717) is 23.4 Å². The van der Waals surface area contributed by atoms with Crippen LogP contribution in [0.3, 0.4) is 0 Å². The quantitative estimate of drug-likeness (QED) is 0.450. The summed E-state index contributed by atoms with van der Waals surface area (Å²) in [7, 11) is 3.80. The lowest BCUT2D eigenvalue weighted by Crippen LogP contribution is -2.52. The Morgan fingerprint density at radius 3 is 2.68 bits per heavy atom. The Hall–Kier alpha value is -3.17. The Kier molecular flexibility index (Phi) is 7.85. The molecule has 0 radical (unpaired) electrons. The molecule has 2 aromatic heterocycles. The monoisotopic (exact) mass is 520 g/mol. The molecule has 1 unspecified atom stereocenters. The lowest BCUT2D eigenvalue weighted by atomic mass is 9.78. The third kappa shape index (κ3) is 5.35. The molecule has 9 nitrogen and oxygen atoms in total. The molecule has 3 heterocycles. The highest BCUT2D eigenvalue weighted by molar-refractivity contribution is 5.89. The molecule has 1 amide bonds. The molecular weight excluding hydrogens is 480 g/mol.